The SMILES string of the molecule is CC(C)CCN(CCCNCCCN(CCC(C)C)CCC(C)C)CCC(C)C. The first-order valence-corrected chi connectivity index (χ1v) is 12.9. The van der Waals surface area contributed by atoms with Crippen molar-refractivity contribution in [1.29, 1.82) is 0 Å². The predicted molar refractivity (Wildman–Crippen MR) is 133 cm³/mol. The molecule has 0 amide bonds. The average Bonchev–Trinajstić information content (AvgIpc) is 2.63. The third-order valence-electron chi connectivity index (χ3n) is 5.75. The fourth-order valence-electron chi connectivity index (χ4n) is 3.41. The minimum atomic E-state index is 0.809. The Balaban J connectivity index is 3.97. The van der Waals surface area contributed by atoms with Gasteiger partial charge in [0.1, 0.15) is 0 Å². The molecule has 1 N–H and O–H groups in total. The molecule has 0 saturated heterocycles. The van der Waals surface area contributed by atoms with Crippen molar-refractivity contribution in [2.75, 3.05) is 52.4 Å². The summed E-state index contributed by atoms with van der Waals surface area (Å²) in [4.78, 5) is 5.39. The van der Waals surface area contributed by atoms with Crippen LogP contribution in [0.2, 0.25) is 0 Å². The van der Waals surface area contributed by atoms with Crippen molar-refractivity contribution in [3.63, 3.8) is 0 Å². The van der Waals surface area contributed by atoms with Gasteiger partial charge in [-0.15, -0.1) is 0 Å². The average molecular weight is 412 g/mol. The summed E-state index contributed by atoms with van der Waals surface area (Å²) in [6, 6.07) is 0. The second-order valence-electron chi connectivity index (χ2n) is 10.9. The van der Waals surface area contributed by atoms with Crippen LogP contribution in [0.15, 0.2) is 0 Å². The van der Waals surface area contributed by atoms with Crippen LogP contribution >= 0.6 is 0 Å². The summed E-state index contributed by atoms with van der Waals surface area (Å²) in [5, 5.41) is 3.70. The molecule has 0 aromatic carbocycles. The summed E-state index contributed by atoms with van der Waals surface area (Å²) in [6.07, 6.45) is 7.87. The van der Waals surface area contributed by atoms with Crippen molar-refractivity contribution in [3.05, 3.63) is 0 Å². The van der Waals surface area contributed by atoms with Crippen LogP contribution in [0, 0.1) is 23.7 Å². The second kappa shape index (κ2) is 18.6. The van der Waals surface area contributed by atoms with Crippen LogP contribution in [0.4, 0.5) is 0 Å². The Morgan fingerprint density at radius 3 is 0.966 bits per heavy atom. The van der Waals surface area contributed by atoms with E-state index in [4.69, 9.17) is 0 Å². The third kappa shape index (κ3) is 20.9. The largest absolute Gasteiger partial charge is 0.317 e. The molecular formula is C26H57N3. The molecule has 0 rings (SSSR count). The van der Waals surface area contributed by atoms with Crippen LogP contribution in [0.25, 0.3) is 0 Å². The predicted octanol–water partition coefficient (Wildman–Crippen LogP) is 6.14. The molecular weight excluding hydrogens is 354 g/mol. The van der Waals surface area contributed by atoms with E-state index in [1.54, 1.807) is 0 Å². The van der Waals surface area contributed by atoms with E-state index in [1.807, 2.05) is 0 Å². The van der Waals surface area contributed by atoms with Crippen LogP contribution in [-0.4, -0.2) is 62.2 Å². The Morgan fingerprint density at radius 1 is 0.448 bits per heavy atom. The van der Waals surface area contributed by atoms with E-state index in [2.05, 4.69) is 70.5 Å². The van der Waals surface area contributed by atoms with Gasteiger partial charge in [0, 0.05) is 0 Å². The van der Waals surface area contributed by atoms with Crippen molar-refractivity contribution < 1.29 is 0 Å². The highest BCUT2D eigenvalue weighted by molar-refractivity contribution is 4.64. The summed E-state index contributed by atoms with van der Waals surface area (Å²) in [6.45, 7) is 28.6. The van der Waals surface area contributed by atoms with E-state index >= 15 is 0 Å². The smallest absolute Gasteiger partial charge is 0.000664 e. The quantitative estimate of drug-likeness (QED) is 0.243. The third-order valence-corrected chi connectivity index (χ3v) is 5.75. The zero-order chi connectivity index (χ0) is 22.1. The van der Waals surface area contributed by atoms with Gasteiger partial charge >= 0.3 is 0 Å². The summed E-state index contributed by atoms with van der Waals surface area (Å²) in [7, 11) is 0. The molecule has 0 bridgehead atoms. The molecule has 0 saturated carbocycles. The van der Waals surface area contributed by atoms with Gasteiger partial charge in [0.25, 0.3) is 0 Å². The highest BCUT2D eigenvalue weighted by Gasteiger charge is 2.09. The van der Waals surface area contributed by atoms with E-state index in [9.17, 15) is 0 Å². The molecule has 0 atom stereocenters. The normalized spacial score (nSPS) is 12.6. The fraction of sp³-hybridized carbons (Fsp3) is 1.00. The van der Waals surface area contributed by atoms with Crippen LogP contribution in [-0.2, 0) is 0 Å². The van der Waals surface area contributed by atoms with Gasteiger partial charge in [-0.25, -0.2) is 0 Å². The van der Waals surface area contributed by atoms with Crippen LogP contribution in [0.5, 0.6) is 0 Å². The van der Waals surface area contributed by atoms with Crippen LogP contribution < -0.4 is 5.32 Å². The van der Waals surface area contributed by atoms with Gasteiger partial charge in [-0.2, -0.15) is 0 Å². The maximum absolute atomic E-state index is 3.70. The minimum Gasteiger partial charge on any atom is -0.317 e. The molecule has 0 aromatic rings. The molecule has 0 aliphatic heterocycles. The summed E-state index contributed by atoms with van der Waals surface area (Å²) in [5.74, 6) is 3.24. The van der Waals surface area contributed by atoms with Gasteiger partial charge in [-0.3, -0.25) is 0 Å². The van der Waals surface area contributed by atoms with Gasteiger partial charge in [0.05, 0.1) is 0 Å². The number of rotatable bonds is 20. The Bertz CT molecular complexity index is 283. The fourth-order valence-corrected chi connectivity index (χ4v) is 3.41. The first-order chi connectivity index (χ1) is 13.7. The standard InChI is InChI=1S/C26H57N3/c1-23(2)11-19-28(20-12-24(3)4)17-9-15-27-16-10-18-29(21-13-25(5)6)22-14-26(7)8/h23-27H,9-22H2,1-8H3. The van der Waals surface area contributed by atoms with Crippen molar-refractivity contribution in [3.8, 4) is 0 Å². The van der Waals surface area contributed by atoms with Gasteiger partial charge in [0.15, 0.2) is 0 Å². The molecule has 3 nitrogen and oxygen atoms in total. The maximum atomic E-state index is 3.70. The molecule has 29 heavy (non-hydrogen) atoms. The highest BCUT2D eigenvalue weighted by Crippen LogP contribution is 2.08. The molecule has 176 valence electrons. The number of nitrogens with zero attached hydrogens (tertiary/aromatic N) is 2. The van der Waals surface area contributed by atoms with Crippen molar-refractivity contribution >= 4 is 0 Å². The Morgan fingerprint density at radius 2 is 0.724 bits per heavy atom. The number of hydrogen-bond donors (Lipinski definition) is 1. The molecule has 3 heteroatoms. The van der Waals surface area contributed by atoms with Gasteiger partial charge in [-0.05, 0) is 115 Å². The molecule has 0 heterocycles. The minimum absolute atomic E-state index is 0.809. The molecule has 0 aromatic heterocycles. The molecule has 0 unspecified atom stereocenters. The lowest BCUT2D eigenvalue weighted by Gasteiger charge is -2.25. The van der Waals surface area contributed by atoms with Crippen molar-refractivity contribution in [2.45, 2.75) is 93.9 Å². The van der Waals surface area contributed by atoms with E-state index in [0.29, 0.717) is 0 Å². The first-order valence-electron chi connectivity index (χ1n) is 12.9. The lowest BCUT2D eigenvalue weighted by atomic mass is 10.1. The summed E-state index contributed by atoms with van der Waals surface area (Å²) in [5.41, 5.74) is 0. The van der Waals surface area contributed by atoms with Crippen LogP contribution in [0.1, 0.15) is 93.9 Å². The monoisotopic (exact) mass is 411 g/mol. The van der Waals surface area contributed by atoms with E-state index in [0.717, 1.165) is 36.8 Å². The first kappa shape index (κ1) is 28.9. The molecule has 0 aliphatic carbocycles. The zero-order valence-corrected chi connectivity index (χ0v) is 21.6. The lowest BCUT2D eigenvalue weighted by Crippen LogP contribution is -2.32. The summed E-state index contributed by atoms with van der Waals surface area (Å²) >= 11 is 0. The topological polar surface area (TPSA) is 18.5 Å². The Hall–Kier alpha value is -0.120. The molecule has 0 aliphatic rings. The zero-order valence-electron chi connectivity index (χ0n) is 21.6. The highest BCUT2D eigenvalue weighted by atomic mass is 15.1. The molecule has 0 fully saturated rings. The van der Waals surface area contributed by atoms with E-state index in [-0.39, 0.29) is 0 Å². The Labute approximate surface area is 185 Å². The van der Waals surface area contributed by atoms with Crippen molar-refractivity contribution in [2.24, 2.45) is 23.7 Å². The van der Waals surface area contributed by atoms with Crippen LogP contribution in [0.3, 0.4) is 0 Å². The van der Waals surface area contributed by atoms with E-state index < -0.39 is 0 Å². The lowest BCUT2D eigenvalue weighted by molar-refractivity contribution is 0.235. The Kier molecular flexibility index (Phi) is 18.6. The van der Waals surface area contributed by atoms with Gasteiger partial charge < -0.3 is 15.1 Å². The number of hydrogen-bond acceptors (Lipinski definition) is 3. The van der Waals surface area contributed by atoms with Gasteiger partial charge in [-0.1, -0.05) is 55.4 Å². The van der Waals surface area contributed by atoms with Crippen molar-refractivity contribution in [1.82, 2.24) is 15.1 Å². The van der Waals surface area contributed by atoms with Gasteiger partial charge in [0.2, 0.25) is 0 Å². The molecule has 0 spiro atoms. The van der Waals surface area contributed by atoms with E-state index in [1.165, 1.54) is 77.8 Å². The summed E-state index contributed by atoms with van der Waals surface area (Å²) < 4.78 is 0. The maximum Gasteiger partial charge on any atom is -0.000664 e. The second-order valence-corrected chi connectivity index (χ2v) is 10.9. The number of nitrogens with one attached hydrogen (secondary N) is 1. The molecule has 0 radical (unpaired) electrons.